The molecule has 1 aromatic carbocycles. The molecule has 6 heteroatoms. The zero-order valence-corrected chi connectivity index (χ0v) is 11.1. The number of carbonyl (C=O) groups excluding carboxylic acids is 1. The van der Waals surface area contributed by atoms with E-state index in [0.717, 1.165) is 0 Å². The first-order valence-corrected chi connectivity index (χ1v) is 5.95. The fourth-order valence-electron chi connectivity index (χ4n) is 1.69. The van der Waals surface area contributed by atoms with Crippen LogP contribution in [0.4, 0.5) is 5.69 Å². The summed E-state index contributed by atoms with van der Waals surface area (Å²) in [7, 11) is 1.67. The maximum absolute atomic E-state index is 12.3. The van der Waals surface area contributed by atoms with Gasteiger partial charge in [0.2, 0.25) is 0 Å². The van der Waals surface area contributed by atoms with E-state index in [1.807, 2.05) is 12.1 Å². The predicted molar refractivity (Wildman–Crippen MR) is 77.1 cm³/mol. The smallest absolute Gasteiger partial charge is 0.259 e. The van der Waals surface area contributed by atoms with Gasteiger partial charge in [0.1, 0.15) is 4.99 Å². The quantitative estimate of drug-likeness (QED) is 0.855. The largest absolute Gasteiger partial charge is 0.389 e. The lowest BCUT2D eigenvalue weighted by molar-refractivity contribution is 0.0992. The second-order valence-electron chi connectivity index (χ2n) is 3.88. The molecule has 1 heterocycles. The van der Waals surface area contributed by atoms with Crippen molar-refractivity contribution < 1.29 is 4.79 Å². The number of para-hydroxylation sites is 1. The average molecular weight is 272 g/mol. The number of nitrogens with zero attached hydrogens (tertiary/aromatic N) is 3. The minimum absolute atomic E-state index is 0.196. The summed E-state index contributed by atoms with van der Waals surface area (Å²) in [6, 6.07) is 8.83. The third-order valence-electron chi connectivity index (χ3n) is 2.67. The number of carbonyl (C=O) groups is 1. The minimum Gasteiger partial charge on any atom is -0.389 e. The number of anilines is 1. The van der Waals surface area contributed by atoms with Gasteiger partial charge in [-0.05, 0) is 18.2 Å². The zero-order chi connectivity index (χ0) is 13.8. The summed E-state index contributed by atoms with van der Waals surface area (Å²) in [5.74, 6) is -0.196. The van der Waals surface area contributed by atoms with E-state index in [1.165, 1.54) is 17.3 Å². The molecule has 2 aromatic rings. The van der Waals surface area contributed by atoms with E-state index in [9.17, 15) is 4.79 Å². The molecule has 0 bridgehead atoms. The van der Waals surface area contributed by atoms with Crippen molar-refractivity contribution in [1.82, 2.24) is 10.2 Å². The summed E-state index contributed by atoms with van der Waals surface area (Å²) >= 11 is 4.99. The summed E-state index contributed by atoms with van der Waals surface area (Å²) in [5, 5.41) is 7.34. The van der Waals surface area contributed by atoms with Gasteiger partial charge in [-0.3, -0.25) is 4.79 Å². The number of hydrogen-bond acceptors (Lipinski definition) is 4. The Labute approximate surface area is 116 Å². The summed E-state index contributed by atoms with van der Waals surface area (Å²) < 4.78 is 0. The van der Waals surface area contributed by atoms with Crippen LogP contribution in [0.2, 0.25) is 0 Å². The number of amides is 1. The van der Waals surface area contributed by atoms with Crippen LogP contribution in [0, 0.1) is 0 Å². The molecule has 0 aliphatic heterocycles. The molecule has 1 amide bonds. The molecule has 0 aliphatic rings. The van der Waals surface area contributed by atoms with Gasteiger partial charge in [-0.1, -0.05) is 24.4 Å². The third kappa shape index (κ3) is 2.74. The minimum atomic E-state index is -0.196. The SMILES string of the molecule is CN(C(=O)c1ccnnc1)c1ccccc1C(N)=S. The normalized spacial score (nSPS) is 9.95. The van der Waals surface area contributed by atoms with Crippen molar-refractivity contribution in [2.75, 3.05) is 11.9 Å². The summed E-state index contributed by atoms with van der Waals surface area (Å²) in [6.45, 7) is 0. The molecule has 1 aromatic heterocycles. The number of rotatable bonds is 3. The molecule has 2 rings (SSSR count). The highest BCUT2D eigenvalue weighted by Gasteiger charge is 2.17. The number of benzene rings is 1. The van der Waals surface area contributed by atoms with Gasteiger partial charge in [-0.15, -0.1) is 0 Å². The molecule has 0 saturated heterocycles. The fourth-order valence-corrected chi connectivity index (χ4v) is 1.87. The Bertz CT molecular complexity index is 615. The first-order valence-electron chi connectivity index (χ1n) is 5.55. The van der Waals surface area contributed by atoms with Gasteiger partial charge in [0.25, 0.3) is 5.91 Å². The maximum Gasteiger partial charge on any atom is 0.259 e. The monoisotopic (exact) mass is 272 g/mol. The molecule has 0 unspecified atom stereocenters. The Morgan fingerprint density at radius 1 is 1.26 bits per heavy atom. The standard InChI is InChI=1S/C13H12N4OS/c1-17(13(18)9-6-7-15-16-8-9)11-5-3-2-4-10(11)12(14)19/h2-8H,1H3,(H2,14,19). The van der Waals surface area contributed by atoms with E-state index in [2.05, 4.69) is 10.2 Å². The number of nitrogens with two attached hydrogens (primary N) is 1. The lowest BCUT2D eigenvalue weighted by Gasteiger charge is -2.20. The fraction of sp³-hybridized carbons (Fsp3) is 0.0769. The van der Waals surface area contributed by atoms with Crippen molar-refractivity contribution >= 4 is 28.8 Å². The molecular formula is C13H12N4OS. The average Bonchev–Trinajstić information content (AvgIpc) is 2.46. The Morgan fingerprint density at radius 2 is 2.00 bits per heavy atom. The van der Waals surface area contributed by atoms with Crippen LogP contribution in [-0.4, -0.2) is 28.1 Å². The van der Waals surface area contributed by atoms with E-state index in [4.69, 9.17) is 18.0 Å². The topological polar surface area (TPSA) is 72.1 Å². The van der Waals surface area contributed by atoms with Crippen molar-refractivity contribution in [3.63, 3.8) is 0 Å². The van der Waals surface area contributed by atoms with Gasteiger partial charge < -0.3 is 10.6 Å². The van der Waals surface area contributed by atoms with Crippen molar-refractivity contribution in [2.24, 2.45) is 5.73 Å². The van der Waals surface area contributed by atoms with Crippen molar-refractivity contribution in [1.29, 1.82) is 0 Å². The molecule has 96 valence electrons. The number of hydrogen-bond donors (Lipinski definition) is 1. The van der Waals surface area contributed by atoms with Gasteiger partial charge in [-0.25, -0.2) is 0 Å². The van der Waals surface area contributed by atoms with Crippen LogP contribution in [0.5, 0.6) is 0 Å². The Balaban J connectivity index is 2.38. The molecule has 0 radical (unpaired) electrons. The summed E-state index contributed by atoms with van der Waals surface area (Å²) in [4.78, 5) is 14.0. The van der Waals surface area contributed by atoms with Gasteiger partial charge in [0.05, 0.1) is 23.6 Å². The molecule has 0 saturated carbocycles. The maximum atomic E-state index is 12.3. The lowest BCUT2D eigenvalue weighted by atomic mass is 10.1. The van der Waals surface area contributed by atoms with Crippen LogP contribution >= 0.6 is 12.2 Å². The Morgan fingerprint density at radius 3 is 2.63 bits per heavy atom. The van der Waals surface area contributed by atoms with E-state index in [0.29, 0.717) is 16.8 Å². The first-order chi connectivity index (χ1) is 9.11. The molecule has 0 atom stereocenters. The third-order valence-corrected chi connectivity index (χ3v) is 2.89. The van der Waals surface area contributed by atoms with Crippen LogP contribution in [0.15, 0.2) is 42.7 Å². The van der Waals surface area contributed by atoms with Crippen molar-refractivity contribution in [3.05, 3.63) is 53.9 Å². The molecular weight excluding hydrogens is 260 g/mol. The highest BCUT2D eigenvalue weighted by atomic mass is 32.1. The van der Waals surface area contributed by atoms with Crippen molar-refractivity contribution in [3.8, 4) is 0 Å². The van der Waals surface area contributed by atoms with Gasteiger partial charge in [-0.2, -0.15) is 10.2 Å². The lowest BCUT2D eigenvalue weighted by Crippen LogP contribution is -2.28. The zero-order valence-electron chi connectivity index (χ0n) is 10.3. The van der Waals surface area contributed by atoms with Gasteiger partial charge in [0, 0.05) is 12.6 Å². The van der Waals surface area contributed by atoms with E-state index in [1.54, 1.807) is 25.2 Å². The summed E-state index contributed by atoms with van der Waals surface area (Å²) in [5.41, 5.74) is 7.44. The molecule has 19 heavy (non-hydrogen) atoms. The van der Waals surface area contributed by atoms with Gasteiger partial charge in [0.15, 0.2) is 0 Å². The van der Waals surface area contributed by atoms with Crippen LogP contribution in [0.1, 0.15) is 15.9 Å². The summed E-state index contributed by atoms with van der Waals surface area (Å²) in [6.07, 6.45) is 2.89. The van der Waals surface area contributed by atoms with Crippen LogP contribution in [0.3, 0.4) is 0 Å². The van der Waals surface area contributed by atoms with Gasteiger partial charge >= 0.3 is 0 Å². The van der Waals surface area contributed by atoms with E-state index in [-0.39, 0.29) is 10.9 Å². The van der Waals surface area contributed by atoms with Crippen LogP contribution < -0.4 is 10.6 Å². The van der Waals surface area contributed by atoms with Crippen LogP contribution in [-0.2, 0) is 0 Å². The Hall–Kier alpha value is -2.34. The molecule has 0 fully saturated rings. The van der Waals surface area contributed by atoms with Crippen LogP contribution in [0.25, 0.3) is 0 Å². The molecule has 5 nitrogen and oxygen atoms in total. The first kappa shape index (κ1) is 13.1. The van der Waals surface area contributed by atoms with Crippen molar-refractivity contribution in [2.45, 2.75) is 0 Å². The molecule has 2 N–H and O–H groups in total. The Kier molecular flexibility index (Phi) is 3.82. The second-order valence-corrected chi connectivity index (χ2v) is 4.32. The highest BCUT2D eigenvalue weighted by molar-refractivity contribution is 7.80. The van der Waals surface area contributed by atoms with E-state index < -0.39 is 0 Å². The number of aromatic nitrogens is 2. The number of thiocarbonyl (C=S) groups is 1. The predicted octanol–water partition coefficient (Wildman–Crippen LogP) is 1.39. The highest BCUT2D eigenvalue weighted by Crippen LogP contribution is 2.20. The molecule has 0 spiro atoms. The molecule has 0 aliphatic carbocycles. The second kappa shape index (κ2) is 5.53. The van der Waals surface area contributed by atoms with E-state index >= 15 is 0 Å².